The molecule has 3 aromatic rings. The topological polar surface area (TPSA) is 54.0 Å². The SMILES string of the molecule is C=CC(=O)OC(COc1ccccc1)COc1ccc(OC)c2ccccc12. The van der Waals surface area contributed by atoms with Gasteiger partial charge in [-0.15, -0.1) is 0 Å². The second kappa shape index (κ2) is 9.46. The van der Waals surface area contributed by atoms with E-state index in [0.29, 0.717) is 11.5 Å². The predicted molar refractivity (Wildman–Crippen MR) is 108 cm³/mol. The molecule has 144 valence electrons. The molecule has 0 N–H and O–H groups in total. The Bertz CT molecular complexity index is 936. The lowest BCUT2D eigenvalue weighted by molar-refractivity contribution is -0.146. The molecule has 0 aliphatic carbocycles. The molecule has 1 atom stereocenters. The molecule has 0 radical (unpaired) electrons. The smallest absolute Gasteiger partial charge is 0.330 e. The molecular weight excluding hydrogens is 356 g/mol. The minimum atomic E-state index is -0.591. The number of hydrogen-bond acceptors (Lipinski definition) is 5. The van der Waals surface area contributed by atoms with Crippen LogP contribution in [-0.4, -0.2) is 32.4 Å². The maximum absolute atomic E-state index is 11.7. The number of benzene rings is 3. The molecule has 0 spiro atoms. The van der Waals surface area contributed by atoms with E-state index in [-0.39, 0.29) is 13.2 Å². The van der Waals surface area contributed by atoms with Gasteiger partial charge in [-0.2, -0.15) is 0 Å². The quantitative estimate of drug-likeness (QED) is 0.408. The van der Waals surface area contributed by atoms with Crippen LogP contribution >= 0.6 is 0 Å². The monoisotopic (exact) mass is 378 g/mol. The number of carbonyl (C=O) groups is 1. The number of carbonyl (C=O) groups excluding carboxylic acids is 1. The van der Waals surface area contributed by atoms with Gasteiger partial charge in [0.15, 0.2) is 6.10 Å². The van der Waals surface area contributed by atoms with Gasteiger partial charge < -0.3 is 18.9 Å². The second-order valence-electron chi connectivity index (χ2n) is 6.01. The summed E-state index contributed by atoms with van der Waals surface area (Å²) in [6.45, 7) is 3.75. The maximum Gasteiger partial charge on any atom is 0.330 e. The van der Waals surface area contributed by atoms with E-state index in [2.05, 4.69) is 6.58 Å². The maximum atomic E-state index is 11.7. The number of rotatable bonds is 9. The second-order valence-corrected chi connectivity index (χ2v) is 6.01. The molecular formula is C23H22O5. The van der Waals surface area contributed by atoms with Gasteiger partial charge in [0.05, 0.1) is 7.11 Å². The Morgan fingerprint density at radius 1 is 0.893 bits per heavy atom. The van der Waals surface area contributed by atoms with Gasteiger partial charge in [-0.3, -0.25) is 0 Å². The van der Waals surface area contributed by atoms with Crippen molar-refractivity contribution in [3.05, 3.63) is 79.4 Å². The van der Waals surface area contributed by atoms with Gasteiger partial charge in [0, 0.05) is 16.8 Å². The molecule has 0 aliphatic heterocycles. The van der Waals surface area contributed by atoms with Gasteiger partial charge in [-0.05, 0) is 24.3 Å². The van der Waals surface area contributed by atoms with Gasteiger partial charge in [-0.25, -0.2) is 4.79 Å². The Balaban J connectivity index is 1.73. The average molecular weight is 378 g/mol. The summed E-state index contributed by atoms with van der Waals surface area (Å²) in [6, 6.07) is 20.8. The Kier molecular flexibility index (Phi) is 6.52. The first-order valence-electron chi connectivity index (χ1n) is 8.90. The fourth-order valence-corrected chi connectivity index (χ4v) is 2.76. The van der Waals surface area contributed by atoms with Crippen LogP contribution in [0.4, 0.5) is 0 Å². The van der Waals surface area contributed by atoms with Crippen molar-refractivity contribution in [3.8, 4) is 17.2 Å². The number of hydrogen-bond donors (Lipinski definition) is 0. The molecule has 0 saturated carbocycles. The lowest BCUT2D eigenvalue weighted by atomic mass is 10.1. The number of methoxy groups -OCH3 is 1. The largest absolute Gasteiger partial charge is 0.496 e. The molecule has 1 unspecified atom stereocenters. The molecule has 0 aliphatic rings. The highest BCUT2D eigenvalue weighted by Crippen LogP contribution is 2.33. The van der Waals surface area contributed by atoms with Crippen molar-refractivity contribution < 1.29 is 23.7 Å². The third-order valence-corrected chi connectivity index (χ3v) is 4.12. The molecule has 0 saturated heterocycles. The molecule has 0 bridgehead atoms. The summed E-state index contributed by atoms with van der Waals surface area (Å²) in [5.41, 5.74) is 0. The van der Waals surface area contributed by atoms with Gasteiger partial charge in [0.2, 0.25) is 0 Å². The van der Waals surface area contributed by atoms with Crippen molar-refractivity contribution in [1.82, 2.24) is 0 Å². The molecule has 5 nitrogen and oxygen atoms in total. The van der Waals surface area contributed by atoms with Crippen molar-refractivity contribution in [2.24, 2.45) is 0 Å². The van der Waals surface area contributed by atoms with Crippen molar-refractivity contribution in [2.75, 3.05) is 20.3 Å². The summed E-state index contributed by atoms with van der Waals surface area (Å²) in [5, 5.41) is 1.86. The van der Waals surface area contributed by atoms with Gasteiger partial charge >= 0.3 is 5.97 Å². The summed E-state index contributed by atoms with van der Waals surface area (Å²) in [6.07, 6.45) is 0.532. The first-order valence-corrected chi connectivity index (χ1v) is 8.90. The summed E-state index contributed by atoms with van der Waals surface area (Å²) in [7, 11) is 1.63. The fraction of sp³-hybridized carbons (Fsp3) is 0.174. The van der Waals surface area contributed by atoms with Crippen molar-refractivity contribution in [1.29, 1.82) is 0 Å². The van der Waals surface area contributed by atoms with E-state index in [4.69, 9.17) is 18.9 Å². The van der Waals surface area contributed by atoms with E-state index in [1.54, 1.807) is 7.11 Å². The number of fused-ring (bicyclic) bond motifs is 1. The van der Waals surface area contributed by atoms with Gasteiger partial charge in [0.1, 0.15) is 30.5 Å². The van der Waals surface area contributed by atoms with Gasteiger partial charge in [0.25, 0.3) is 0 Å². The highest BCUT2D eigenvalue weighted by molar-refractivity contribution is 5.93. The molecule has 0 amide bonds. The molecule has 0 heterocycles. The molecule has 0 fully saturated rings. The number of esters is 1. The number of ether oxygens (including phenoxy) is 4. The summed E-state index contributed by atoms with van der Waals surface area (Å²) < 4.78 is 22.5. The normalized spacial score (nSPS) is 11.5. The van der Waals surface area contributed by atoms with E-state index in [9.17, 15) is 4.79 Å². The lowest BCUT2D eigenvalue weighted by Gasteiger charge is -2.19. The van der Waals surface area contributed by atoms with Crippen LogP contribution in [0.15, 0.2) is 79.4 Å². The third kappa shape index (κ3) is 4.82. The van der Waals surface area contributed by atoms with E-state index >= 15 is 0 Å². The fourth-order valence-electron chi connectivity index (χ4n) is 2.76. The van der Waals surface area contributed by atoms with Crippen LogP contribution in [0.2, 0.25) is 0 Å². The third-order valence-electron chi connectivity index (χ3n) is 4.12. The van der Waals surface area contributed by atoms with Crippen LogP contribution in [0, 0.1) is 0 Å². The molecule has 3 rings (SSSR count). The van der Waals surface area contributed by atoms with Crippen LogP contribution in [0.3, 0.4) is 0 Å². The first-order chi connectivity index (χ1) is 13.7. The Morgan fingerprint density at radius 3 is 2.18 bits per heavy atom. The van der Waals surface area contributed by atoms with Crippen LogP contribution in [0.5, 0.6) is 17.2 Å². The van der Waals surface area contributed by atoms with Crippen molar-refractivity contribution in [3.63, 3.8) is 0 Å². The summed E-state index contributed by atoms with van der Waals surface area (Å²) in [5.74, 6) is 1.61. The number of para-hydroxylation sites is 1. The summed E-state index contributed by atoms with van der Waals surface area (Å²) in [4.78, 5) is 11.7. The zero-order valence-electron chi connectivity index (χ0n) is 15.7. The Morgan fingerprint density at radius 2 is 1.50 bits per heavy atom. The van der Waals surface area contributed by atoms with Crippen molar-refractivity contribution in [2.45, 2.75) is 6.10 Å². The Labute approximate surface area is 164 Å². The van der Waals surface area contributed by atoms with Crippen molar-refractivity contribution >= 4 is 16.7 Å². The van der Waals surface area contributed by atoms with Crippen LogP contribution < -0.4 is 14.2 Å². The van der Waals surface area contributed by atoms with Crippen LogP contribution in [0.25, 0.3) is 10.8 Å². The summed E-state index contributed by atoms with van der Waals surface area (Å²) >= 11 is 0. The molecule has 0 aromatic heterocycles. The zero-order chi connectivity index (χ0) is 19.8. The standard InChI is InChI=1S/C23H22O5/c1-3-23(24)28-18(15-26-17-9-5-4-6-10-17)16-27-22-14-13-21(25-2)19-11-7-8-12-20(19)22/h3-14,18H,1,15-16H2,2H3. The minimum Gasteiger partial charge on any atom is -0.496 e. The van der Waals surface area contributed by atoms with E-state index < -0.39 is 12.1 Å². The van der Waals surface area contributed by atoms with Crippen LogP contribution in [-0.2, 0) is 9.53 Å². The predicted octanol–water partition coefficient (Wildman–Crippen LogP) is 4.40. The van der Waals surface area contributed by atoms with E-state index in [1.165, 1.54) is 0 Å². The van der Waals surface area contributed by atoms with E-state index in [0.717, 1.165) is 22.6 Å². The Hall–Kier alpha value is -3.47. The first kappa shape index (κ1) is 19.3. The highest BCUT2D eigenvalue weighted by atomic mass is 16.6. The molecule has 5 heteroatoms. The lowest BCUT2D eigenvalue weighted by Crippen LogP contribution is -2.30. The molecule has 28 heavy (non-hydrogen) atoms. The highest BCUT2D eigenvalue weighted by Gasteiger charge is 2.16. The minimum absolute atomic E-state index is 0.142. The average Bonchev–Trinajstić information content (AvgIpc) is 2.75. The van der Waals surface area contributed by atoms with Crippen LogP contribution in [0.1, 0.15) is 0 Å². The van der Waals surface area contributed by atoms with E-state index in [1.807, 2.05) is 66.7 Å². The molecule has 3 aromatic carbocycles. The zero-order valence-corrected chi connectivity index (χ0v) is 15.7. The van der Waals surface area contributed by atoms with Gasteiger partial charge in [-0.1, -0.05) is 49.0 Å².